The third-order valence-electron chi connectivity index (χ3n) is 3.42. The van der Waals surface area contributed by atoms with Gasteiger partial charge in [0.15, 0.2) is 0 Å². The highest BCUT2D eigenvalue weighted by Gasteiger charge is 2.30. The van der Waals surface area contributed by atoms with Gasteiger partial charge in [-0.25, -0.2) is 5.84 Å². The predicted molar refractivity (Wildman–Crippen MR) is 62.5 cm³/mol. The third-order valence-corrected chi connectivity index (χ3v) is 3.42. The van der Waals surface area contributed by atoms with Gasteiger partial charge in [-0.3, -0.25) is 10.2 Å². The van der Waals surface area contributed by atoms with Crippen molar-refractivity contribution < 1.29 is 4.79 Å². The molecule has 0 aromatic carbocycles. The van der Waals surface area contributed by atoms with Gasteiger partial charge in [-0.2, -0.15) is 0 Å². The molecular weight excluding hydrogens is 206 g/mol. The van der Waals surface area contributed by atoms with E-state index in [2.05, 4.69) is 10.7 Å². The first-order chi connectivity index (χ1) is 7.60. The van der Waals surface area contributed by atoms with Crippen LogP contribution in [0.1, 0.15) is 25.7 Å². The van der Waals surface area contributed by atoms with Crippen LogP contribution < -0.4 is 22.3 Å². The molecule has 92 valence electrons. The van der Waals surface area contributed by atoms with Crippen molar-refractivity contribution in [3.63, 3.8) is 0 Å². The van der Waals surface area contributed by atoms with E-state index in [0.29, 0.717) is 5.84 Å². The fourth-order valence-electron chi connectivity index (χ4n) is 2.47. The first kappa shape index (κ1) is 12.9. The quantitative estimate of drug-likeness (QED) is 0.189. The van der Waals surface area contributed by atoms with Gasteiger partial charge in [0.25, 0.3) is 0 Å². The average molecular weight is 227 g/mol. The Hall–Kier alpha value is -1.14. The normalized spacial score (nSPS) is 27.1. The second kappa shape index (κ2) is 5.81. The first-order valence-electron chi connectivity index (χ1n) is 5.61. The maximum Gasteiger partial charge on any atom is 0.234 e. The van der Waals surface area contributed by atoms with E-state index < -0.39 is 0 Å². The monoisotopic (exact) mass is 227 g/mol. The van der Waals surface area contributed by atoms with Crippen molar-refractivity contribution in [1.29, 1.82) is 5.41 Å². The highest BCUT2D eigenvalue weighted by atomic mass is 16.1. The number of carbonyl (C=O) groups excluding carboxylic acids is 1. The van der Waals surface area contributed by atoms with Gasteiger partial charge >= 0.3 is 0 Å². The third kappa shape index (κ3) is 2.93. The van der Waals surface area contributed by atoms with Crippen molar-refractivity contribution in [2.45, 2.75) is 31.7 Å². The number of hydrazine groups is 1. The molecule has 1 atom stereocenters. The van der Waals surface area contributed by atoms with Crippen LogP contribution in [0.25, 0.3) is 0 Å². The number of hydrogen-bond acceptors (Lipinski definition) is 4. The molecule has 1 rings (SSSR count). The van der Waals surface area contributed by atoms with E-state index in [4.69, 9.17) is 17.0 Å². The Kier molecular flexibility index (Phi) is 4.70. The number of likely N-dealkylation sites (N-methyl/N-ethyl adjacent to an activating group) is 1. The lowest BCUT2D eigenvalue weighted by Crippen LogP contribution is -2.47. The molecule has 1 saturated carbocycles. The lowest BCUT2D eigenvalue weighted by Gasteiger charge is -2.32. The summed E-state index contributed by atoms with van der Waals surface area (Å²) in [4.78, 5) is 11.2. The number of carbonyl (C=O) groups is 1. The molecule has 0 saturated heterocycles. The zero-order valence-corrected chi connectivity index (χ0v) is 9.62. The van der Waals surface area contributed by atoms with Crippen molar-refractivity contribution in [2.75, 3.05) is 7.05 Å². The molecule has 0 aromatic heterocycles. The molecule has 1 unspecified atom stereocenters. The highest BCUT2D eigenvalue weighted by Crippen LogP contribution is 2.30. The average Bonchev–Trinajstić information content (AvgIpc) is 2.29. The number of nitrogens with one attached hydrogen (secondary N) is 3. The van der Waals surface area contributed by atoms with Crippen molar-refractivity contribution >= 4 is 11.7 Å². The Labute approximate surface area is 95.6 Å². The lowest BCUT2D eigenvalue weighted by atomic mass is 9.78. The van der Waals surface area contributed by atoms with Crippen LogP contribution in [0.3, 0.4) is 0 Å². The number of primary amides is 1. The Morgan fingerprint density at radius 1 is 1.38 bits per heavy atom. The zero-order valence-electron chi connectivity index (χ0n) is 9.62. The molecule has 6 nitrogen and oxygen atoms in total. The predicted octanol–water partition coefficient (Wildman–Crippen LogP) is -0.693. The molecule has 0 heterocycles. The minimum Gasteiger partial charge on any atom is -0.368 e. The second-order valence-corrected chi connectivity index (χ2v) is 4.34. The van der Waals surface area contributed by atoms with Crippen molar-refractivity contribution in [2.24, 2.45) is 23.4 Å². The molecule has 6 heteroatoms. The molecule has 1 amide bonds. The topological polar surface area (TPSA) is 117 Å². The van der Waals surface area contributed by atoms with Crippen LogP contribution in [0, 0.1) is 17.2 Å². The summed E-state index contributed by atoms with van der Waals surface area (Å²) in [5.41, 5.74) is 7.71. The number of amidine groups is 1. The smallest absolute Gasteiger partial charge is 0.234 e. The van der Waals surface area contributed by atoms with Gasteiger partial charge in [0.05, 0.1) is 6.04 Å². The van der Waals surface area contributed by atoms with Crippen LogP contribution in [-0.4, -0.2) is 24.8 Å². The molecule has 0 bridgehead atoms. The van der Waals surface area contributed by atoms with E-state index in [9.17, 15) is 4.79 Å². The van der Waals surface area contributed by atoms with Crippen LogP contribution in [0.2, 0.25) is 0 Å². The fourth-order valence-corrected chi connectivity index (χ4v) is 2.47. The number of amides is 1. The Balaban J connectivity index is 2.47. The van der Waals surface area contributed by atoms with Gasteiger partial charge in [-0.05, 0) is 38.6 Å². The second-order valence-electron chi connectivity index (χ2n) is 4.34. The first-order valence-corrected chi connectivity index (χ1v) is 5.61. The van der Waals surface area contributed by atoms with Gasteiger partial charge in [0, 0.05) is 5.92 Å². The van der Waals surface area contributed by atoms with Gasteiger partial charge in [-0.1, -0.05) is 0 Å². The SMILES string of the molecule is CNC(C(N)=O)[C@H]1CC[C@H](C(=N)NN)CC1. The summed E-state index contributed by atoms with van der Waals surface area (Å²) in [6.07, 6.45) is 3.59. The van der Waals surface area contributed by atoms with Gasteiger partial charge in [0.1, 0.15) is 5.84 Å². The van der Waals surface area contributed by atoms with Crippen LogP contribution in [0.4, 0.5) is 0 Å². The van der Waals surface area contributed by atoms with Crippen LogP contribution in [0.5, 0.6) is 0 Å². The van der Waals surface area contributed by atoms with E-state index in [0.717, 1.165) is 25.7 Å². The van der Waals surface area contributed by atoms with Crippen LogP contribution >= 0.6 is 0 Å². The van der Waals surface area contributed by atoms with E-state index in [1.165, 1.54) is 0 Å². The zero-order chi connectivity index (χ0) is 12.1. The van der Waals surface area contributed by atoms with Gasteiger partial charge < -0.3 is 16.5 Å². The minimum atomic E-state index is -0.294. The molecule has 1 fully saturated rings. The maximum absolute atomic E-state index is 11.2. The Bertz CT molecular complexity index is 260. The fraction of sp³-hybridized carbons (Fsp3) is 0.800. The number of hydrogen-bond donors (Lipinski definition) is 5. The molecule has 0 spiro atoms. The van der Waals surface area contributed by atoms with Crippen molar-refractivity contribution in [1.82, 2.24) is 10.7 Å². The Morgan fingerprint density at radius 3 is 2.31 bits per heavy atom. The molecule has 1 aliphatic rings. The summed E-state index contributed by atoms with van der Waals surface area (Å²) in [5, 5.41) is 10.6. The molecular formula is C10H21N5O. The summed E-state index contributed by atoms with van der Waals surface area (Å²) in [6.45, 7) is 0. The molecule has 0 aliphatic heterocycles. The van der Waals surface area contributed by atoms with Gasteiger partial charge in [0.2, 0.25) is 5.91 Å². The number of rotatable bonds is 4. The van der Waals surface area contributed by atoms with Crippen molar-refractivity contribution in [3.05, 3.63) is 0 Å². The van der Waals surface area contributed by atoms with Crippen LogP contribution in [0.15, 0.2) is 0 Å². The summed E-state index contributed by atoms with van der Waals surface area (Å²) in [5.74, 6) is 5.79. The summed E-state index contributed by atoms with van der Waals surface area (Å²) in [6, 6.07) is -0.249. The van der Waals surface area contributed by atoms with E-state index in [1.807, 2.05) is 0 Å². The van der Waals surface area contributed by atoms with E-state index in [-0.39, 0.29) is 23.8 Å². The highest BCUT2D eigenvalue weighted by molar-refractivity contribution is 5.81. The summed E-state index contributed by atoms with van der Waals surface area (Å²) >= 11 is 0. The van der Waals surface area contributed by atoms with Crippen molar-refractivity contribution in [3.8, 4) is 0 Å². The van der Waals surface area contributed by atoms with E-state index >= 15 is 0 Å². The molecule has 7 N–H and O–H groups in total. The largest absolute Gasteiger partial charge is 0.368 e. The standard InChI is InChI=1S/C10H21N5O/c1-14-8(10(12)16)6-2-4-7(5-3-6)9(11)15-13/h6-8,14H,2-5,13H2,1H3,(H2,11,15)(H2,12,16)/t6-,7-,8?. The molecule has 0 aromatic rings. The maximum atomic E-state index is 11.2. The van der Waals surface area contributed by atoms with Crippen LogP contribution in [-0.2, 0) is 4.79 Å². The summed E-state index contributed by atoms with van der Waals surface area (Å²) < 4.78 is 0. The minimum absolute atomic E-state index is 0.201. The lowest BCUT2D eigenvalue weighted by molar-refractivity contribution is -0.121. The van der Waals surface area contributed by atoms with E-state index in [1.54, 1.807) is 7.05 Å². The summed E-state index contributed by atoms with van der Waals surface area (Å²) in [7, 11) is 1.75. The molecule has 16 heavy (non-hydrogen) atoms. The Morgan fingerprint density at radius 2 is 1.94 bits per heavy atom. The van der Waals surface area contributed by atoms with Gasteiger partial charge in [-0.15, -0.1) is 0 Å². The number of nitrogens with two attached hydrogens (primary N) is 2. The molecule has 1 aliphatic carbocycles. The molecule has 0 radical (unpaired) electrons.